The first-order valence-corrected chi connectivity index (χ1v) is 5.92. The molecule has 2 atom stereocenters. The molecule has 16 heavy (non-hydrogen) atoms. The van der Waals surface area contributed by atoms with E-state index in [9.17, 15) is 0 Å². The Morgan fingerprint density at radius 3 is 3.00 bits per heavy atom. The van der Waals surface area contributed by atoms with Crippen LogP contribution in [0.3, 0.4) is 0 Å². The van der Waals surface area contributed by atoms with E-state index in [1.165, 1.54) is 11.1 Å². The lowest BCUT2D eigenvalue weighted by atomic mass is 9.95. The summed E-state index contributed by atoms with van der Waals surface area (Å²) in [5, 5.41) is 0. The average molecular weight is 220 g/mol. The summed E-state index contributed by atoms with van der Waals surface area (Å²) in [6.07, 6.45) is 1.94. The maximum absolute atomic E-state index is 6.17. The van der Waals surface area contributed by atoms with Crippen molar-refractivity contribution >= 4 is 0 Å². The number of hydrogen-bond donors (Lipinski definition) is 2. The SMILES string of the molecule is CC(CN)CC(N)c1ccc2c(c1)CCO2. The average Bonchev–Trinajstić information content (AvgIpc) is 2.75. The third-order valence-electron chi connectivity index (χ3n) is 3.20. The van der Waals surface area contributed by atoms with E-state index in [-0.39, 0.29) is 6.04 Å². The lowest BCUT2D eigenvalue weighted by molar-refractivity contribution is 0.356. The number of benzene rings is 1. The summed E-state index contributed by atoms with van der Waals surface area (Å²) in [6.45, 7) is 3.63. The highest BCUT2D eigenvalue weighted by atomic mass is 16.5. The highest BCUT2D eigenvalue weighted by molar-refractivity contribution is 5.40. The topological polar surface area (TPSA) is 61.3 Å². The summed E-state index contributed by atoms with van der Waals surface area (Å²) in [7, 11) is 0. The van der Waals surface area contributed by atoms with Gasteiger partial charge in [0.15, 0.2) is 0 Å². The number of fused-ring (bicyclic) bond motifs is 1. The molecule has 2 unspecified atom stereocenters. The minimum absolute atomic E-state index is 0.0875. The molecule has 4 N–H and O–H groups in total. The maximum atomic E-state index is 6.17. The number of nitrogens with two attached hydrogens (primary N) is 2. The van der Waals surface area contributed by atoms with Crippen molar-refractivity contribution in [2.24, 2.45) is 17.4 Å². The Kier molecular flexibility index (Phi) is 3.46. The Labute approximate surface area is 96.8 Å². The van der Waals surface area contributed by atoms with Crippen molar-refractivity contribution in [1.29, 1.82) is 0 Å². The van der Waals surface area contributed by atoms with Crippen molar-refractivity contribution in [2.75, 3.05) is 13.2 Å². The molecule has 0 aromatic heterocycles. The van der Waals surface area contributed by atoms with Crippen molar-refractivity contribution in [3.8, 4) is 5.75 Å². The first kappa shape index (κ1) is 11.4. The molecule has 0 radical (unpaired) electrons. The molecule has 3 heteroatoms. The summed E-state index contributed by atoms with van der Waals surface area (Å²) in [4.78, 5) is 0. The van der Waals surface area contributed by atoms with Gasteiger partial charge in [-0.1, -0.05) is 19.1 Å². The Bertz CT molecular complexity index is 365. The minimum atomic E-state index is 0.0875. The van der Waals surface area contributed by atoms with E-state index in [1.807, 2.05) is 6.07 Å². The number of rotatable bonds is 4. The van der Waals surface area contributed by atoms with Gasteiger partial charge in [-0.15, -0.1) is 0 Å². The molecule has 0 saturated heterocycles. The lowest BCUT2D eigenvalue weighted by Gasteiger charge is -2.16. The highest BCUT2D eigenvalue weighted by Crippen LogP contribution is 2.29. The van der Waals surface area contributed by atoms with Gasteiger partial charge in [0.25, 0.3) is 0 Å². The standard InChI is InChI=1S/C13H20N2O/c1-9(8-14)6-12(15)10-2-3-13-11(7-10)4-5-16-13/h2-3,7,9,12H,4-6,8,14-15H2,1H3. The third-order valence-corrected chi connectivity index (χ3v) is 3.20. The van der Waals surface area contributed by atoms with Crippen molar-refractivity contribution in [3.05, 3.63) is 29.3 Å². The first-order valence-electron chi connectivity index (χ1n) is 5.92. The molecule has 1 aromatic rings. The van der Waals surface area contributed by atoms with E-state index in [1.54, 1.807) is 0 Å². The van der Waals surface area contributed by atoms with Gasteiger partial charge < -0.3 is 16.2 Å². The van der Waals surface area contributed by atoms with Crippen molar-refractivity contribution in [1.82, 2.24) is 0 Å². The van der Waals surface area contributed by atoms with Crippen LogP contribution in [-0.2, 0) is 6.42 Å². The lowest BCUT2D eigenvalue weighted by Crippen LogP contribution is -2.19. The molecule has 1 heterocycles. The molecular weight excluding hydrogens is 200 g/mol. The summed E-state index contributed by atoms with van der Waals surface area (Å²) >= 11 is 0. The second-order valence-corrected chi connectivity index (χ2v) is 4.65. The molecule has 1 aromatic carbocycles. The van der Waals surface area contributed by atoms with Crippen LogP contribution in [0.2, 0.25) is 0 Å². The maximum Gasteiger partial charge on any atom is 0.122 e. The molecular formula is C13H20N2O. The molecule has 0 bridgehead atoms. The predicted molar refractivity (Wildman–Crippen MR) is 65.4 cm³/mol. The zero-order valence-corrected chi connectivity index (χ0v) is 9.78. The molecule has 1 aliphatic rings. The van der Waals surface area contributed by atoms with Crippen LogP contribution < -0.4 is 16.2 Å². The Morgan fingerprint density at radius 2 is 2.25 bits per heavy atom. The van der Waals surface area contributed by atoms with E-state index < -0.39 is 0 Å². The van der Waals surface area contributed by atoms with E-state index >= 15 is 0 Å². The van der Waals surface area contributed by atoms with Crippen molar-refractivity contribution in [2.45, 2.75) is 25.8 Å². The fourth-order valence-corrected chi connectivity index (χ4v) is 2.10. The van der Waals surface area contributed by atoms with E-state index in [2.05, 4.69) is 19.1 Å². The molecule has 1 aliphatic heterocycles. The quantitative estimate of drug-likeness (QED) is 0.810. The van der Waals surface area contributed by atoms with Crippen LogP contribution in [0.4, 0.5) is 0 Å². The van der Waals surface area contributed by atoms with Gasteiger partial charge in [-0.3, -0.25) is 0 Å². The molecule has 0 saturated carbocycles. The fourth-order valence-electron chi connectivity index (χ4n) is 2.10. The smallest absolute Gasteiger partial charge is 0.122 e. The Balaban J connectivity index is 2.09. The summed E-state index contributed by atoms with van der Waals surface area (Å²) in [6, 6.07) is 6.36. The summed E-state index contributed by atoms with van der Waals surface area (Å²) < 4.78 is 5.47. The zero-order valence-electron chi connectivity index (χ0n) is 9.78. The highest BCUT2D eigenvalue weighted by Gasteiger charge is 2.15. The monoisotopic (exact) mass is 220 g/mol. The van der Waals surface area contributed by atoms with Crippen molar-refractivity contribution < 1.29 is 4.74 Å². The van der Waals surface area contributed by atoms with Crippen molar-refractivity contribution in [3.63, 3.8) is 0 Å². The summed E-state index contributed by atoms with van der Waals surface area (Å²) in [5.74, 6) is 1.49. The predicted octanol–water partition coefficient (Wildman–Crippen LogP) is 1.61. The van der Waals surface area contributed by atoms with Crippen LogP contribution in [-0.4, -0.2) is 13.2 Å². The van der Waals surface area contributed by atoms with E-state index in [0.29, 0.717) is 12.5 Å². The second kappa shape index (κ2) is 4.85. The normalized spacial score (nSPS) is 17.7. The van der Waals surface area contributed by atoms with Gasteiger partial charge in [0.2, 0.25) is 0 Å². The zero-order chi connectivity index (χ0) is 11.5. The van der Waals surface area contributed by atoms with Crippen LogP contribution in [0, 0.1) is 5.92 Å². The fraction of sp³-hybridized carbons (Fsp3) is 0.538. The van der Waals surface area contributed by atoms with Crippen LogP contribution in [0.15, 0.2) is 18.2 Å². The minimum Gasteiger partial charge on any atom is -0.493 e. The first-order chi connectivity index (χ1) is 7.70. The van der Waals surface area contributed by atoms with E-state index in [0.717, 1.165) is 25.2 Å². The van der Waals surface area contributed by atoms with Crippen LogP contribution in [0.25, 0.3) is 0 Å². The van der Waals surface area contributed by atoms with Crippen LogP contribution >= 0.6 is 0 Å². The Morgan fingerprint density at radius 1 is 1.44 bits per heavy atom. The molecule has 0 fully saturated rings. The van der Waals surface area contributed by atoms with Gasteiger partial charge in [-0.25, -0.2) is 0 Å². The number of hydrogen-bond acceptors (Lipinski definition) is 3. The van der Waals surface area contributed by atoms with Crippen LogP contribution in [0.5, 0.6) is 5.75 Å². The summed E-state index contributed by atoms with van der Waals surface area (Å²) in [5.41, 5.74) is 14.3. The molecule has 2 rings (SSSR count). The van der Waals surface area contributed by atoms with Gasteiger partial charge in [0.05, 0.1) is 6.61 Å². The van der Waals surface area contributed by atoms with Gasteiger partial charge in [-0.05, 0) is 36.1 Å². The molecule has 0 aliphatic carbocycles. The molecule has 0 amide bonds. The second-order valence-electron chi connectivity index (χ2n) is 4.65. The van der Waals surface area contributed by atoms with Gasteiger partial charge >= 0.3 is 0 Å². The third kappa shape index (κ3) is 2.36. The molecule has 3 nitrogen and oxygen atoms in total. The number of ether oxygens (including phenoxy) is 1. The van der Waals surface area contributed by atoms with Crippen LogP contribution in [0.1, 0.15) is 30.5 Å². The van der Waals surface area contributed by atoms with Gasteiger partial charge in [-0.2, -0.15) is 0 Å². The van der Waals surface area contributed by atoms with Gasteiger partial charge in [0.1, 0.15) is 5.75 Å². The molecule has 88 valence electrons. The largest absolute Gasteiger partial charge is 0.493 e. The molecule has 0 spiro atoms. The van der Waals surface area contributed by atoms with Gasteiger partial charge in [0, 0.05) is 12.5 Å². The van der Waals surface area contributed by atoms with E-state index in [4.69, 9.17) is 16.2 Å². The Hall–Kier alpha value is -1.06.